The van der Waals surface area contributed by atoms with E-state index in [0.29, 0.717) is 36.1 Å². The SMILES string of the molecule is Cc1ccc2cccc(OCC(=O)Nc3ccc4c(c3)OCCO4)c2n1. The molecule has 3 aromatic rings. The number of pyridine rings is 1. The minimum Gasteiger partial charge on any atom is -0.486 e. The van der Waals surface area contributed by atoms with E-state index in [0.717, 1.165) is 16.6 Å². The number of aromatic nitrogens is 1. The topological polar surface area (TPSA) is 69.7 Å². The van der Waals surface area contributed by atoms with Crippen molar-refractivity contribution in [2.24, 2.45) is 0 Å². The fourth-order valence-electron chi connectivity index (χ4n) is 2.80. The van der Waals surface area contributed by atoms with Crippen molar-refractivity contribution in [3.8, 4) is 17.2 Å². The first kappa shape index (κ1) is 16.2. The maximum Gasteiger partial charge on any atom is 0.262 e. The van der Waals surface area contributed by atoms with Crippen LogP contribution in [0.1, 0.15) is 5.69 Å². The maximum atomic E-state index is 12.2. The van der Waals surface area contributed by atoms with Crippen molar-refractivity contribution in [3.63, 3.8) is 0 Å². The van der Waals surface area contributed by atoms with Gasteiger partial charge >= 0.3 is 0 Å². The van der Waals surface area contributed by atoms with E-state index in [-0.39, 0.29) is 12.5 Å². The molecular formula is C20H18N2O4. The van der Waals surface area contributed by atoms with Crippen molar-refractivity contribution < 1.29 is 19.0 Å². The molecule has 0 spiro atoms. The Bertz CT molecular complexity index is 971. The summed E-state index contributed by atoms with van der Waals surface area (Å²) in [7, 11) is 0. The third kappa shape index (κ3) is 3.39. The molecule has 0 bridgehead atoms. The van der Waals surface area contributed by atoms with Crippen LogP contribution in [-0.2, 0) is 4.79 Å². The molecule has 6 heteroatoms. The molecule has 0 fully saturated rings. The summed E-state index contributed by atoms with van der Waals surface area (Å²) in [6, 6.07) is 14.9. The molecule has 0 atom stereocenters. The van der Waals surface area contributed by atoms with Gasteiger partial charge in [0, 0.05) is 22.8 Å². The zero-order valence-corrected chi connectivity index (χ0v) is 14.3. The highest BCUT2D eigenvalue weighted by Gasteiger charge is 2.13. The van der Waals surface area contributed by atoms with E-state index >= 15 is 0 Å². The number of carbonyl (C=O) groups is 1. The summed E-state index contributed by atoms with van der Waals surface area (Å²) >= 11 is 0. The minimum atomic E-state index is -0.258. The van der Waals surface area contributed by atoms with E-state index in [1.54, 1.807) is 18.2 Å². The summed E-state index contributed by atoms with van der Waals surface area (Å²) in [6.07, 6.45) is 0. The number of hydrogen-bond acceptors (Lipinski definition) is 5. The highest BCUT2D eigenvalue weighted by atomic mass is 16.6. The molecule has 6 nitrogen and oxygen atoms in total. The molecule has 0 saturated heterocycles. The number of nitrogens with zero attached hydrogens (tertiary/aromatic N) is 1. The number of aryl methyl sites for hydroxylation is 1. The lowest BCUT2D eigenvalue weighted by atomic mass is 10.2. The van der Waals surface area contributed by atoms with Crippen LogP contribution >= 0.6 is 0 Å². The summed E-state index contributed by atoms with van der Waals surface area (Å²) in [5.41, 5.74) is 2.28. The minimum absolute atomic E-state index is 0.108. The van der Waals surface area contributed by atoms with Gasteiger partial charge in [-0.3, -0.25) is 4.79 Å². The Morgan fingerprint density at radius 3 is 2.85 bits per heavy atom. The lowest BCUT2D eigenvalue weighted by Gasteiger charge is -2.19. The summed E-state index contributed by atoms with van der Waals surface area (Å²) in [5.74, 6) is 1.64. The number of nitrogens with one attached hydrogen (secondary N) is 1. The molecule has 0 unspecified atom stereocenters. The van der Waals surface area contributed by atoms with Crippen molar-refractivity contribution in [1.29, 1.82) is 0 Å². The maximum absolute atomic E-state index is 12.2. The number of anilines is 1. The normalized spacial score (nSPS) is 12.7. The number of ether oxygens (including phenoxy) is 3. The van der Waals surface area contributed by atoms with Gasteiger partial charge in [-0.05, 0) is 31.2 Å². The molecule has 0 radical (unpaired) electrons. The van der Waals surface area contributed by atoms with Crippen LogP contribution < -0.4 is 19.5 Å². The fourth-order valence-corrected chi connectivity index (χ4v) is 2.80. The van der Waals surface area contributed by atoms with Gasteiger partial charge in [0.1, 0.15) is 24.5 Å². The number of para-hydroxylation sites is 1. The van der Waals surface area contributed by atoms with E-state index in [1.807, 2.05) is 37.3 Å². The second-order valence-corrected chi connectivity index (χ2v) is 5.98. The van der Waals surface area contributed by atoms with Crippen LogP contribution in [-0.4, -0.2) is 30.7 Å². The van der Waals surface area contributed by atoms with E-state index in [1.165, 1.54) is 0 Å². The molecule has 0 saturated carbocycles. The summed E-state index contributed by atoms with van der Waals surface area (Å²) in [5, 5.41) is 3.77. The summed E-state index contributed by atoms with van der Waals surface area (Å²) in [6.45, 7) is 2.85. The summed E-state index contributed by atoms with van der Waals surface area (Å²) < 4.78 is 16.7. The number of fused-ring (bicyclic) bond motifs is 2. The van der Waals surface area contributed by atoms with Gasteiger partial charge in [0.15, 0.2) is 18.1 Å². The van der Waals surface area contributed by atoms with Crippen molar-refractivity contribution >= 4 is 22.5 Å². The van der Waals surface area contributed by atoms with Gasteiger partial charge in [0.05, 0.1) is 0 Å². The Balaban J connectivity index is 1.44. The molecule has 1 N–H and O–H groups in total. The zero-order valence-electron chi connectivity index (χ0n) is 14.3. The third-order valence-corrected chi connectivity index (χ3v) is 4.01. The molecule has 132 valence electrons. The second-order valence-electron chi connectivity index (χ2n) is 5.98. The Labute approximate surface area is 150 Å². The second kappa shape index (κ2) is 6.92. The van der Waals surface area contributed by atoms with Gasteiger partial charge in [-0.1, -0.05) is 18.2 Å². The molecule has 4 rings (SSSR count). The Kier molecular flexibility index (Phi) is 4.31. The predicted molar refractivity (Wildman–Crippen MR) is 98.0 cm³/mol. The number of hydrogen-bond donors (Lipinski definition) is 1. The first-order chi connectivity index (χ1) is 12.7. The highest BCUT2D eigenvalue weighted by Crippen LogP contribution is 2.32. The predicted octanol–water partition coefficient (Wildman–Crippen LogP) is 3.33. The number of benzene rings is 2. The lowest BCUT2D eigenvalue weighted by Crippen LogP contribution is -2.21. The monoisotopic (exact) mass is 350 g/mol. The smallest absolute Gasteiger partial charge is 0.262 e. The van der Waals surface area contributed by atoms with Gasteiger partial charge in [-0.2, -0.15) is 0 Å². The van der Waals surface area contributed by atoms with Crippen molar-refractivity contribution in [2.45, 2.75) is 6.92 Å². The van der Waals surface area contributed by atoms with Crippen molar-refractivity contribution in [2.75, 3.05) is 25.1 Å². The van der Waals surface area contributed by atoms with Gasteiger partial charge in [0.2, 0.25) is 0 Å². The number of carbonyl (C=O) groups excluding carboxylic acids is 1. The zero-order chi connectivity index (χ0) is 17.9. The first-order valence-corrected chi connectivity index (χ1v) is 8.38. The summed E-state index contributed by atoms with van der Waals surface area (Å²) in [4.78, 5) is 16.7. The first-order valence-electron chi connectivity index (χ1n) is 8.38. The third-order valence-electron chi connectivity index (χ3n) is 4.01. The van der Waals surface area contributed by atoms with Crippen molar-refractivity contribution in [1.82, 2.24) is 4.98 Å². The average Bonchev–Trinajstić information content (AvgIpc) is 2.66. The molecular weight excluding hydrogens is 332 g/mol. The van der Waals surface area contributed by atoms with E-state index in [4.69, 9.17) is 14.2 Å². The Hall–Kier alpha value is -3.28. The fraction of sp³-hybridized carbons (Fsp3) is 0.200. The van der Waals surface area contributed by atoms with E-state index in [2.05, 4.69) is 10.3 Å². The van der Waals surface area contributed by atoms with Crippen LogP contribution in [0.2, 0.25) is 0 Å². The van der Waals surface area contributed by atoms with Crippen LogP contribution in [0.15, 0.2) is 48.5 Å². The van der Waals surface area contributed by atoms with Gasteiger partial charge < -0.3 is 19.5 Å². The van der Waals surface area contributed by atoms with Crippen LogP contribution in [0, 0.1) is 6.92 Å². The van der Waals surface area contributed by atoms with Crippen LogP contribution in [0.3, 0.4) is 0 Å². The van der Waals surface area contributed by atoms with E-state index in [9.17, 15) is 4.79 Å². The largest absolute Gasteiger partial charge is 0.486 e. The Morgan fingerprint density at radius 2 is 1.96 bits per heavy atom. The molecule has 1 aromatic heterocycles. The molecule has 2 heterocycles. The van der Waals surface area contributed by atoms with Crippen LogP contribution in [0.25, 0.3) is 10.9 Å². The molecule has 1 aliphatic rings. The lowest BCUT2D eigenvalue weighted by molar-refractivity contribution is -0.118. The van der Waals surface area contributed by atoms with Gasteiger partial charge in [-0.25, -0.2) is 4.98 Å². The standard InChI is InChI=1S/C20H18N2O4/c1-13-5-6-14-3-2-4-17(20(14)21-13)26-12-19(23)22-15-7-8-16-18(11-15)25-10-9-24-16/h2-8,11H,9-10,12H2,1H3,(H,22,23). The van der Waals surface area contributed by atoms with Crippen LogP contribution in [0.5, 0.6) is 17.2 Å². The average molecular weight is 350 g/mol. The number of amides is 1. The van der Waals surface area contributed by atoms with Gasteiger partial charge in [-0.15, -0.1) is 0 Å². The molecule has 0 aliphatic carbocycles. The van der Waals surface area contributed by atoms with E-state index < -0.39 is 0 Å². The quantitative estimate of drug-likeness (QED) is 0.782. The molecule has 26 heavy (non-hydrogen) atoms. The highest BCUT2D eigenvalue weighted by molar-refractivity contribution is 5.92. The van der Waals surface area contributed by atoms with Crippen LogP contribution in [0.4, 0.5) is 5.69 Å². The Morgan fingerprint density at radius 1 is 1.12 bits per heavy atom. The molecule has 1 aliphatic heterocycles. The number of rotatable bonds is 4. The molecule has 2 aromatic carbocycles. The molecule has 1 amide bonds. The van der Waals surface area contributed by atoms with Gasteiger partial charge in [0.25, 0.3) is 5.91 Å². The van der Waals surface area contributed by atoms with Crippen molar-refractivity contribution in [3.05, 3.63) is 54.2 Å².